The maximum atomic E-state index is 11.5. The van der Waals surface area contributed by atoms with Gasteiger partial charge in [-0.05, 0) is 6.42 Å². The van der Waals surface area contributed by atoms with Crippen molar-refractivity contribution in [3.8, 4) is 0 Å². The number of nitroso groups, excluding NO2 is 1. The Balaban J connectivity index is 2.42. The van der Waals surface area contributed by atoms with Crippen LogP contribution in [0.15, 0.2) is 11.8 Å². The first-order valence-electron chi connectivity index (χ1n) is 4.94. The van der Waals surface area contributed by atoms with E-state index in [1.807, 2.05) is 6.08 Å². The predicted octanol–water partition coefficient (Wildman–Crippen LogP) is 1.35. The quantitative estimate of drug-likeness (QED) is 0.309. The van der Waals surface area contributed by atoms with Crippen molar-refractivity contribution in [1.29, 1.82) is 5.41 Å². The maximum absolute atomic E-state index is 11.5. The molecule has 5 nitrogen and oxygen atoms in total. The molecule has 78 valence electrons. The molecule has 5 heteroatoms. The average molecular weight is 197 g/mol. The van der Waals surface area contributed by atoms with Crippen LogP contribution in [0.2, 0.25) is 0 Å². The van der Waals surface area contributed by atoms with E-state index in [2.05, 4.69) is 6.92 Å². The molecule has 0 aromatic carbocycles. The summed E-state index contributed by atoms with van der Waals surface area (Å²) >= 11 is 0. The van der Waals surface area contributed by atoms with E-state index in [0.29, 0.717) is 6.54 Å². The van der Waals surface area contributed by atoms with Gasteiger partial charge in [-0.15, -0.1) is 0 Å². The van der Waals surface area contributed by atoms with Crippen LogP contribution in [0.5, 0.6) is 0 Å². The van der Waals surface area contributed by atoms with Gasteiger partial charge in [0.05, 0.1) is 4.91 Å². The second-order valence-corrected chi connectivity index (χ2v) is 3.39. The lowest BCUT2D eigenvalue weighted by atomic mass is 10.1. The highest BCUT2D eigenvalue weighted by Gasteiger charge is 2.34. The summed E-state index contributed by atoms with van der Waals surface area (Å²) in [6, 6.07) is 0. The van der Waals surface area contributed by atoms with E-state index in [4.69, 9.17) is 11.1 Å². The molecule has 14 heavy (non-hydrogen) atoms. The zero-order chi connectivity index (χ0) is 10.6. The highest BCUT2D eigenvalue weighted by Crippen LogP contribution is 2.16. The van der Waals surface area contributed by atoms with Gasteiger partial charge in [0.25, 0.3) is 11.7 Å². The molecule has 0 aromatic heterocycles. The summed E-state index contributed by atoms with van der Waals surface area (Å²) in [4.78, 5) is 12.2. The van der Waals surface area contributed by atoms with Crippen molar-refractivity contribution in [1.82, 2.24) is 5.01 Å². The molecule has 0 amide bonds. The van der Waals surface area contributed by atoms with E-state index in [1.165, 1.54) is 5.01 Å². The fraction of sp³-hybridized carbons (Fsp3) is 0.667. The third-order valence-electron chi connectivity index (χ3n) is 2.28. The first-order valence-corrected chi connectivity index (χ1v) is 4.94. The Morgan fingerprint density at radius 1 is 1.71 bits per heavy atom. The number of nitrogens with two attached hydrogens (primary N) is 1. The van der Waals surface area contributed by atoms with Gasteiger partial charge in [0.1, 0.15) is 6.54 Å². The van der Waals surface area contributed by atoms with Gasteiger partial charge in [0.15, 0.2) is 4.87 Å². The second kappa shape index (κ2) is 4.74. The minimum absolute atomic E-state index is 0.193. The second-order valence-electron chi connectivity index (χ2n) is 3.39. The molecule has 0 radical (unpaired) electrons. The van der Waals surface area contributed by atoms with Crippen LogP contribution < -0.4 is 5.73 Å². The van der Waals surface area contributed by atoms with E-state index < -0.39 is 0 Å². The fourth-order valence-electron chi connectivity index (χ4n) is 1.45. The van der Waals surface area contributed by atoms with Gasteiger partial charge >= 0.3 is 0 Å². The first kappa shape index (κ1) is 10.7. The molecule has 1 aliphatic heterocycles. The van der Waals surface area contributed by atoms with E-state index in [9.17, 15) is 4.91 Å². The topological polar surface area (TPSA) is 73.2 Å². The van der Waals surface area contributed by atoms with Crippen molar-refractivity contribution < 1.29 is 4.87 Å². The van der Waals surface area contributed by atoms with Crippen molar-refractivity contribution in [2.75, 3.05) is 6.54 Å². The Kier molecular flexibility index (Phi) is 3.62. The van der Waals surface area contributed by atoms with Gasteiger partial charge in [-0.3, -0.25) is 5.41 Å². The number of unbranched alkanes of at least 4 members (excludes halogenated alkanes) is 2. The average Bonchev–Trinajstić information content (AvgIpc) is 2.48. The van der Waals surface area contributed by atoms with E-state index in [1.54, 1.807) is 0 Å². The van der Waals surface area contributed by atoms with Gasteiger partial charge in [-0.25, -0.2) is 0 Å². The number of hydrogen-bond donors (Lipinski definition) is 2. The number of hydrogen-bond acceptors (Lipinski definition) is 2. The van der Waals surface area contributed by atoms with Crippen molar-refractivity contribution in [2.24, 2.45) is 5.73 Å². The minimum atomic E-state index is -0.193. The summed E-state index contributed by atoms with van der Waals surface area (Å²) in [6.07, 6.45) is 5.91. The number of guanidine groups is 1. The standard InChI is InChI=1S/C9H17N4O/c1-2-3-4-5-8-6-7-12(9(10)11)13(8)14/h6H,2-5,7H2,1H3,(H3,10,11)/q+1. The van der Waals surface area contributed by atoms with Crippen LogP contribution in [-0.2, 0) is 0 Å². The van der Waals surface area contributed by atoms with Crippen molar-refractivity contribution in [3.63, 3.8) is 0 Å². The Morgan fingerprint density at radius 3 is 2.93 bits per heavy atom. The lowest BCUT2D eigenvalue weighted by Gasteiger charge is -2.03. The molecule has 0 unspecified atom stereocenters. The lowest BCUT2D eigenvalue weighted by molar-refractivity contribution is -0.633. The smallest absolute Gasteiger partial charge is 0.267 e. The molecule has 0 fully saturated rings. The fourth-order valence-corrected chi connectivity index (χ4v) is 1.45. The molecule has 0 aliphatic carbocycles. The number of allylic oxidation sites excluding steroid dienone is 1. The molecule has 0 spiro atoms. The molecule has 1 heterocycles. The van der Waals surface area contributed by atoms with Gasteiger partial charge in [-0.1, -0.05) is 24.8 Å². The van der Waals surface area contributed by atoms with Gasteiger partial charge in [-0.2, -0.15) is 0 Å². The van der Waals surface area contributed by atoms with Crippen LogP contribution in [0.1, 0.15) is 32.6 Å². The van der Waals surface area contributed by atoms with Crippen LogP contribution in [0.25, 0.3) is 0 Å². The molecular formula is C9H17N4O+. The normalized spacial score (nSPS) is 15.9. The predicted molar refractivity (Wildman–Crippen MR) is 54.5 cm³/mol. The van der Waals surface area contributed by atoms with Crippen LogP contribution >= 0.6 is 0 Å². The minimum Gasteiger partial charge on any atom is -0.365 e. The Morgan fingerprint density at radius 2 is 2.43 bits per heavy atom. The Hall–Kier alpha value is -1.39. The van der Waals surface area contributed by atoms with Crippen molar-refractivity contribution >= 4 is 5.96 Å². The summed E-state index contributed by atoms with van der Waals surface area (Å²) in [7, 11) is 0. The van der Waals surface area contributed by atoms with Crippen LogP contribution in [0, 0.1) is 10.3 Å². The van der Waals surface area contributed by atoms with Crippen LogP contribution in [0.4, 0.5) is 0 Å². The zero-order valence-corrected chi connectivity index (χ0v) is 8.49. The zero-order valence-electron chi connectivity index (χ0n) is 8.49. The highest BCUT2D eigenvalue weighted by molar-refractivity contribution is 5.73. The first-order chi connectivity index (χ1) is 6.66. The van der Waals surface area contributed by atoms with Gasteiger partial charge in [0, 0.05) is 12.5 Å². The Bertz CT molecular complexity index is 272. The number of hydrazine groups is 1. The maximum Gasteiger partial charge on any atom is 0.267 e. The molecule has 0 aromatic rings. The number of rotatable bonds is 4. The monoisotopic (exact) mass is 197 g/mol. The van der Waals surface area contributed by atoms with Crippen LogP contribution in [-0.4, -0.2) is 22.4 Å². The molecule has 0 atom stereocenters. The molecule has 0 saturated heterocycles. The SMILES string of the molecule is CCCCCC1=CCN(C(=N)N)[N+]1=O. The van der Waals surface area contributed by atoms with E-state index >= 15 is 0 Å². The number of nitrogens with zero attached hydrogens (tertiary/aromatic N) is 2. The van der Waals surface area contributed by atoms with E-state index in [-0.39, 0.29) is 5.96 Å². The molecular weight excluding hydrogens is 180 g/mol. The van der Waals surface area contributed by atoms with Crippen molar-refractivity contribution in [3.05, 3.63) is 16.7 Å². The summed E-state index contributed by atoms with van der Waals surface area (Å²) in [5, 5.41) is 8.36. The van der Waals surface area contributed by atoms with Gasteiger partial charge < -0.3 is 5.73 Å². The highest BCUT2D eigenvalue weighted by atomic mass is 16.3. The lowest BCUT2D eigenvalue weighted by Crippen LogP contribution is -2.39. The van der Waals surface area contributed by atoms with Crippen molar-refractivity contribution in [2.45, 2.75) is 32.6 Å². The number of nitrogens with one attached hydrogen (secondary N) is 1. The molecule has 3 N–H and O–H groups in total. The summed E-state index contributed by atoms with van der Waals surface area (Å²) in [6.45, 7) is 2.56. The summed E-state index contributed by atoms with van der Waals surface area (Å²) in [5.41, 5.74) is 5.97. The summed E-state index contributed by atoms with van der Waals surface area (Å²) in [5.74, 6) is -0.193. The Labute approximate surface area is 83.6 Å². The van der Waals surface area contributed by atoms with E-state index in [0.717, 1.165) is 36.2 Å². The molecule has 1 aliphatic rings. The third-order valence-corrected chi connectivity index (χ3v) is 2.28. The van der Waals surface area contributed by atoms with Gasteiger partial charge in [0.2, 0.25) is 0 Å². The largest absolute Gasteiger partial charge is 0.365 e. The van der Waals surface area contributed by atoms with Crippen LogP contribution in [0.3, 0.4) is 0 Å². The summed E-state index contributed by atoms with van der Waals surface area (Å²) < 4.78 is 0. The molecule has 1 rings (SSSR count). The third kappa shape index (κ3) is 2.31. The molecule has 0 bridgehead atoms. The molecule has 0 saturated carbocycles.